The highest BCUT2D eigenvalue weighted by Gasteiger charge is 2.32. The number of thioether (sulfide) groups is 1. The van der Waals surface area contributed by atoms with Crippen molar-refractivity contribution in [3.05, 3.63) is 76.8 Å². The average molecular weight is 500 g/mol. The zero-order valence-corrected chi connectivity index (χ0v) is 19.8. The van der Waals surface area contributed by atoms with Crippen molar-refractivity contribution in [3.63, 3.8) is 0 Å². The molecule has 174 valence electrons. The van der Waals surface area contributed by atoms with Gasteiger partial charge in [-0.3, -0.25) is 14.2 Å². The van der Waals surface area contributed by atoms with E-state index < -0.39 is 17.6 Å². The van der Waals surface area contributed by atoms with E-state index in [0.717, 1.165) is 11.8 Å². The molecule has 2 heterocycles. The van der Waals surface area contributed by atoms with Gasteiger partial charge >= 0.3 is 5.88 Å². The van der Waals surface area contributed by atoms with E-state index in [4.69, 9.17) is 16.1 Å². The summed E-state index contributed by atoms with van der Waals surface area (Å²) in [5.41, 5.74) is 0.612. The number of rotatable bonds is 6. The molecule has 1 amide bonds. The van der Waals surface area contributed by atoms with Crippen LogP contribution in [-0.4, -0.2) is 28.0 Å². The van der Waals surface area contributed by atoms with Crippen LogP contribution in [0.5, 0.6) is 0 Å². The fourth-order valence-corrected chi connectivity index (χ4v) is 4.02. The number of halogens is 2. The van der Waals surface area contributed by atoms with Gasteiger partial charge in [0.2, 0.25) is 5.27 Å². The zero-order valence-electron chi connectivity index (χ0n) is 18.2. The lowest BCUT2D eigenvalue weighted by molar-refractivity contribution is -0.779. The maximum absolute atomic E-state index is 14.3. The lowest BCUT2D eigenvalue weighted by atomic mass is 10.1. The number of aliphatic imine (C=N–C) groups is 2. The van der Waals surface area contributed by atoms with E-state index in [1.807, 2.05) is 19.9 Å². The fourth-order valence-electron chi connectivity index (χ4n) is 3.01. The Hall–Kier alpha value is -3.50. The Kier molecular flexibility index (Phi) is 7.09. The third-order valence-corrected chi connectivity index (χ3v) is 5.94. The molecule has 0 radical (unpaired) electrons. The number of nitrogens with zero attached hydrogens (tertiary/aromatic N) is 5. The highest BCUT2D eigenvalue weighted by molar-refractivity contribution is 8.14. The van der Waals surface area contributed by atoms with Crippen molar-refractivity contribution in [1.29, 1.82) is 0 Å². The number of amidine groups is 1. The van der Waals surface area contributed by atoms with Crippen molar-refractivity contribution in [3.8, 4) is 0 Å². The van der Waals surface area contributed by atoms with Gasteiger partial charge in [-0.25, -0.2) is 14.4 Å². The van der Waals surface area contributed by atoms with E-state index in [0.29, 0.717) is 5.69 Å². The normalized spacial score (nSPS) is 15.5. The van der Waals surface area contributed by atoms with Crippen LogP contribution in [0.1, 0.15) is 25.5 Å². The van der Waals surface area contributed by atoms with Crippen LogP contribution in [0.25, 0.3) is 6.08 Å². The topological polar surface area (TPSA) is 98.0 Å². The monoisotopic (exact) mass is 499 g/mol. The summed E-state index contributed by atoms with van der Waals surface area (Å²) >= 11 is 7.14. The molecule has 0 fully saturated rings. The summed E-state index contributed by atoms with van der Waals surface area (Å²) in [6.07, 6.45) is 2.83. The molecule has 0 saturated carbocycles. The van der Waals surface area contributed by atoms with E-state index in [2.05, 4.69) is 15.3 Å². The Morgan fingerprint density at radius 2 is 2.06 bits per heavy atom. The molecule has 0 aliphatic carbocycles. The average Bonchev–Trinajstić information content (AvgIpc) is 3.40. The highest BCUT2D eigenvalue weighted by Crippen LogP contribution is 2.31. The van der Waals surface area contributed by atoms with Gasteiger partial charge in [-0.15, -0.1) is 0 Å². The fraction of sp³-hybridized carbons (Fsp3) is 0.174. The summed E-state index contributed by atoms with van der Waals surface area (Å²) in [6.45, 7) is 3.83. The Morgan fingerprint density at radius 3 is 2.74 bits per heavy atom. The Balaban J connectivity index is 1.61. The Labute approximate surface area is 204 Å². The molecule has 4 rings (SSSR count). The maximum atomic E-state index is 14.3. The van der Waals surface area contributed by atoms with Crippen molar-refractivity contribution in [1.82, 2.24) is 5.27 Å². The van der Waals surface area contributed by atoms with Gasteiger partial charge in [0.25, 0.3) is 12.1 Å². The predicted molar refractivity (Wildman–Crippen MR) is 127 cm³/mol. The van der Waals surface area contributed by atoms with Crippen LogP contribution < -0.4 is 14.7 Å². The molecule has 1 aliphatic rings. The van der Waals surface area contributed by atoms with Gasteiger partial charge in [-0.2, -0.15) is 0 Å². The number of para-hydroxylation sites is 1. The number of hydrogen-bond acceptors (Lipinski definition) is 7. The van der Waals surface area contributed by atoms with Crippen LogP contribution in [0.15, 0.2) is 74.9 Å². The first kappa shape index (κ1) is 23.7. The molecule has 1 aliphatic heterocycles. The molecule has 0 N–H and O–H groups in total. The second-order valence-electron chi connectivity index (χ2n) is 7.44. The minimum Gasteiger partial charge on any atom is -0.861 e. The van der Waals surface area contributed by atoms with Crippen LogP contribution in [0.3, 0.4) is 0 Å². The van der Waals surface area contributed by atoms with Crippen LogP contribution in [-0.2, 0) is 4.79 Å². The standard InChI is InChI=1S/C23H19ClFN5O3S/c1-14(2)29-12-21(33-28-29)27-20(31)13-34-23-26-19(11-16-17(24)9-6-10-18(16)25)22(32)30(23)15-7-4-3-5-8-15/h3-12,14H,13H2,1-2H3/b19-11-. The van der Waals surface area contributed by atoms with Crippen LogP contribution in [0.2, 0.25) is 5.02 Å². The molecule has 8 nitrogen and oxygen atoms in total. The summed E-state index contributed by atoms with van der Waals surface area (Å²) in [7, 11) is 0. The van der Waals surface area contributed by atoms with Crippen molar-refractivity contribution in [2.24, 2.45) is 9.98 Å². The second-order valence-corrected chi connectivity index (χ2v) is 8.79. The Bertz CT molecular complexity index is 1290. The molecular formula is C23H19ClFN5O3S. The van der Waals surface area contributed by atoms with Gasteiger partial charge in [0.15, 0.2) is 11.2 Å². The number of carbonyl (C=O) groups excluding carboxylic acids is 1. The summed E-state index contributed by atoms with van der Waals surface area (Å²) < 4.78 is 20.9. The van der Waals surface area contributed by atoms with Gasteiger partial charge in [0, 0.05) is 11.3 Å². The first-order valence-corrected chi connectivity index (χ1v) is 11.6. The highest BCUT2D eigenvalue weighted by atomic mass is 35.5. The maximum Gasteiger partial charge on any atom is 0.320 e. The lowest BCUT2D eigenvalue weighted by Gasteiger charge is -2.18. The van der Waals surface area contributed by atoms with Crippen molar-refractivity contribution in [2.75, 3.05) is 10.7 Å². The molecule has 0 unspecified atom stereocenters. The van der Waals surface area contributed by atoms with Crippen molar-refractivity contribution in [2.45, 2.75) is 19.9 Å². The number of benzene rings is 2. The van der Waals surface area contributed by atoms with Crippen LogP contribution in [0, 0.1) is 5.82 Å². The number of carbonyl (C=O) groups is 1. The zero-order chi connectivity index (χ0) is 24.2. The van der Waals surface area contributed by atoms with E-state index in [1.165, 1.54) is 35.4 Å². The third-order valence-electron chi connectivity index (χ3n) is 4.68. The molecule has 0 spiro atoms. The Morgan fingerprint density at radius 1 is 1.29 bits per heavy atom. The van der Waals surface area contributed by atoms with Gasteiger partial charge in [-0.1, -0.05) is 47.6 Å². The molecule has 0 bridgehead atoms. The molecular weight excluding hydrogens is 481 g/mol. The van der Waals surface area contributed by atoms with Crippen molar-refractivity contribution < 1.29 is 23.5 Å². The summed E-state index contributed by atoms with van der Waals surface area (Å²) in [5.74, 6) is -1.56. The number of amides is 1. The lowest BCUT2D eigenvalue weighted by Crippen LogP contribution is -2.36. The largest absolute Gasteiger partial charge is 0.861 e. The molecule has 11 heteroatoms. The predicted octanol–water partition coefficient (Wildman–Crippen LogP) is 3.90. The van der Waals surface area contributed by atoms with Crippen molar-refractivity contribution >= 4 is 58.0 Å². The van der Waals surface area contributed by atoms with Gasteiger partial charge in [0.1, 0.15) is 11.5 Å². The van der Waals surface area contributed by atoms with E-state index in [9.17, 15) is 14.3 Å². The molecule has 34 heavy (non-hydrogen) atoms. The first-order chi connectivity index (χ1) is 16.3. The number of anilines is 1. The smallest absolute Gasteiger partial charge is 0.320 e. The molecule has 0 atom stereocenters. The quantitative estimate of drug-likeness (QED) is 0.222. The minimum absolute atomic E-state index is 0.00375. The minimum atomic E-state index is -0.574. The van der Waals surface area contributed by atoms with Gasteiger partial charge < -0.3 is 5.11 Å². The SMILES string of the molecule is CC(C)[n+]1cc(/N=C(\[O-])CSC2=N/C(=C\c3c(F)cccc3Cl)C(=O)N2c2ccccc2)on1. The molecule has 2 aromatic carbocycles. The van der Waals surface area contributed by atoms with Crippen LogP contribution >= 0.6 is 23.4 Å². The molecule has 0 saturated heterocycles. The summed E-state index contributed by atoms with van der Waals surface area (Å²) in [6, 6.07) is 13.1. The summed E-state index contributed by atoms with van der Waals surface area (Å²) in [4.78, 5) is 22.8. The number of aromatic nitrogens is 2. The van der Waals surface area contributed by atoms with Crippen LogP contribution in [0.4, 0.5) is 16.0 Å². The molecule has 1 aromatic heterocycles. The third kappa shape index (κ3) is 5.18. The summed E-state index contributed by atoms with van der Waals surface area (Å²) in [5, 5.41) is 16.6. The second kappa shape index (κ2) is 10.2. The van der Waals surface area contributed by atoms with E-state index in [-0.39, 0.29) is 39.1 Å². The first-order valence-electron chi connectivity index (χ1n) is 10.2. The van der Waals surface area contributed by atoms with E-state index in [1.54, 1.807) is 28.9 Å². The van der Waals surface area contributed by atoms with Gasteiger partial charge in [-0.05, 0) is 54.8 Å². The van der Waals surface area contributed by atoms with Gasteiger partial charge in [0.05, 0.1) is 10.7 Å². The number of hydrogen-bond donors (Lipinski definition) is 0. The van der Waals surface area contributed by atoms with E-state index >= 15 is 0 Å². The molecule has 3 aromatic rings.